The van der Waals surface area contributed by atoms with Crippen LogP contribution in [0.3, 0.4) is 0 Å². The summed E-state index contributed by atoms with van der Waals surface area (Å²) in [5.74, 6) is 2.08. The van der Waals surface area contributed by atoms with Crippen LogP contribution in [0.4, 0.5) is 0 Å². The van der Waals surface area contributed by atoms with E-state index < -0.39 is 12.1 Å². The van der Waals surface area contributed by atoms with E-state index in [2.05, 4.69) is 26.9 Å². The van der Waals surface area contributed by atoms with Crippen molar-refractivity contribution in [1.29, 1.82) is 0 Å². The van der Waals surface area contributed by atoms with Crippen molar-refractivity contribution in [3.8, 4) is 12.3 Å². The van der Waals surface area contributed by atoms with Crippen molar-refractivity contribution in [2.45, 2.75) is 50.6 Å². The summed E-state index contributed by atoms with van der Waals surface area (Å²) in [6.07, 6.45) is 10.3. The third kappa shape index (κ3) is 5.25. The minimum absolute atomic E-state index is 0.0222. The fraction of sp³-hybridized carbons (Fsp3) is 0.458. The van der Waals surface area contributed by atoms with Crippen molar-refractivity contribution in [3.63, 3.8) is 0 Å². The standard InChI is InChI=1S/C24H27ClN4O3/c1-2-16(12-15-5-4-10-26-22(15)30)27-23(31)20(11-14-8-9-14)29-24(32)21-13-17-18(25)6-3-7-19(17)28-21/h1,3,6-7,13-16,20,28H,4-5,8-12H2,(H,26,30)(H,27,31)(H,29,32). The van der Waals surface area contributed by atoms with Crippen molar-refractivity contribution >= 4 is 40.2 Å². The molecular weight excluding hydrogens is 428 g/mol. The van der Waals surface area contributed by atoms with Gasteiger partial charge in [0.2, 0.25) is 11.8 Å². The number of piperidine rings is 1. The second-order valence-electron chi connectivity index (χ2n) is 8.68. The van der Waals surface area contributed by atoms with Gasteiger partial charge in [-0.25, -0.2) is 0 Å². The summed E-state index contributed by atoms with van der Waals surface area (Å²) in [4.78, 5) is 41.1. The second-order valence-corrected chi connectivity index (χ2v) is 9.09. The Kier molecular flexibility index (Phi) is 6.71. The second kappa shape index (κ2) is 9.66. The number of carbonyl (C=O) groups excluding carboxylic acids is 3. The minimum Gasteiger partial charge on any atom is -0.356 e. The van der Waals surface area contributed by atoms with Crippen molar-refractivity contribution in [2.75, 3.05) is 6.54 Å². The summed E-state index contributed by atoms with van der Waals surface area (Å²) < 4.78 is 0. The average Bonchev–Trinajstić information content (AvgIpc) is 3.48. The van der Waals surface area contributed by atoms with Gasteiger partial charge in [0.15, 0.2) is 0 Å². The molecule has 2 aliphatic rings. The van der Waals surface area contributed by atoms with Crippen LogP contribution in [0, 0.1) is 24.2 Å². The maximum atomic E-state index is 13.0. The summed E-state index contributed by atoms with van der Waals surface area (Å²) in [5, 5.41) is 9.85. The SMILES string of the molecule is C#CC(CC1CCCNC1=O)NC(=O)C(CC1CC1)NC(=O)c1cc2c(Cl)cccc2[nH]1. The number of carbonyl (C=O) groups is 3. The molecular formula is C24H27ClN4O3. The minimum atomic E-state index is -0.701. The van der Waals surface area contributed by atoms with Gasteiger partial charge in [-0.3, -0.25) is 14.4 Å². The lowest BCUT2D eigenvalue weighted by Gasteiger charge is -2.26. The number of halogens is 1. The average molecular weight is 455 g/mol. The van der Waals surface area contributed by atoms with E-state index in [4.69, 9.17) is 18.0 Å². The molecule has 1 aliphatic heterocycles. The van der Waals surface area contributed by atoms with Gasteiger partial charge in [-0.05, 0) is 49.8 Å². The maximum absolute atomic E-state index is 13.0. The molecule has 1 saturated carbocycles. The number of aromatic amines is 1. The van der Waals surface area contributed by atoms with Crippen LogP contribution in [-0.4, -0.2) is 41.3 Å². The highest BCUT2D eigenvalue weighted by molar-refractivity contribution is 6.35. The van der Waals surface area contributed by atoms with Crippen LogP contribution in [0.5, 0.6) is 0 Å². The van der Waals surface area contributed by atoms with Gasteiger partial charge in [-0.1, -0.05) is 36.4 Å². The Labute approximate surface area is 192 Å². The van der Waals surface area contributed by atoms with Gasteiger partial charge in [0.05, 0.1) is 6.04 Å². The van der Waals surface area contributed by atoms with Crippen molar-refractivity contribution in [2.24, 2.45) is 11.8 Å². The first-order valence-corrected chi connectivity index (χ1v) is 11.4. The molecule has 3 amide bonds. The summed E-state index contributed by atoms with van der Waals surface area (Å²) in [6, 6.07) is 5.82. The fourth-order valence-corrected chi connectivity index (χ4v) is 4.41. The molecule has 0 radical (unpaired) electrons. The highest BCUT2D eigenvalue weighted by Crippen LogP contribution is 2.34. The van der Waals surface area contributed by atoms with Crippen LogP contribution >= 0.6 is 11.6 Å². The molecule has 4 rings (SSSR count). The van der Waals surface area contributed by atoms with Crippen molar-refractivity contribution in [3.05, 3.63) is 35.0 Å². The molecule has 1 aromatic heterocycles. The Morgan fingerprint density at radius 3 is 2.72 bits per heavy atom. The Morgan fingerprint density at radius 2 is 2.03 bits per heavy atom. The zero-order valence-electron chi connectivity index (χ0n) is 17.7. The lowest BCUT2D eigenvalue weighted by Crippen LogP contribution is -2.50. The van der Waals surface area contributed by atoms with Gasteiger partial charge in [-0.15, -0.1) is 6.42 Å². The molecule has 2 heterocycles. The van der Waals surface area contributed by atoms with Crippen LogP contribution in [0.25, 0.3) is 10.9 Å². The van der Waals surface area contributed by atoms with E-state index in [0.717, 1.165) is 36.6 Å². The quantitative estimate of drug-likeness (QED) is 0.461. The maximum Gasteiger partial charge on any atom is 0.268 e. The van der Waals surface area contributed by atoms with E-state index in [0.29, 0.717) is 36.0 Å². The zero-order valence-corrected chi connectivity index (χ0v) is 18.5. The molecule has 32 heavy (non-hydrogen) atoms. The first-order valence-electron chi connectivity index (χ1n) is 11.1. The summed E-state index contributed by atoms with van der Waals surface area (Å²) >= 11 is 6.21. The van der Waals surface area contributed by atoms with E-state index in [1.807, 2.05) is 6.07 Å². The van der Waals surface area contributed by atoms with Crippen molar-refractivity contribution in [1.82, 2.24) is 20.9 Å². The molecule has 3 atom stereocenters. The van der Waals surface area contributed by atoms with E-state index >= 15 is 0 Å². The van der Waals surface area contributed by atoms with Gasteiger partial charge < -0.3 is 20.9 Å². The molecule has 8 heteroatoms. The smallest absolute Gasteiger partial charge is 0.268 e. The fourth-order valence-electron chi connectivity index (χ4n) is 4.18. The Balaban J connectivity index is 1.42. The van der Waals surface area contributed by atoms with Gasteiger partial charge in [0, 0.05) is 28.4 Å². The van der Waals surface area contributed by atoms with Crippen molar-refractivity contribution < 1.29 is 14.4 Å². The molecule has 168 valence electrons. The summed E-state index contributed by atoms with van der Waals surface area (Å²) in [7, 11) is 0. The summed E-state index contributed by atoms with van der Waals surface area (Å²) in [5.41, 5.74) is 1.10. The Morgan fingerprint density at radius 1 is 1.22 bits per heavy atom. The number of hydrogen-bond acceptors (Lipinski definition) is 3. The van der Waals surface area contributed by atoms with Crippen LogP contribution in [0.2, 0.25) is 5.02 Å². The monoisotopic (exact) mass is 454 g/mol. The first-order chi connectivity index (χ1) is 15.4. The third-order valence-corrected chi connectivity index (χ3v) is 6.51. The van der Waals surface area contributed by atoms with E-state index in [-0.39, 0.29) is 23.6 Å². The highest BCUT2D eigenvalue weighted by atomic mass is 35.5. The lowest BCUT2D eigenvalue weighted by atomic mass is 9.91. The number of hydrogen-bond donors (Lipinski definition) is 4. The van der Waals surface area contributed by atoms with Crippen LogP contribution in [-0.2, 0) is 9.59 Å². The number of nitrogens with one attached hydrogen (secondary N) is 4. The molecule has 1 aliphatic carbocycles. The zero-order chi connectivity index (χ0) is 22.7. The van der Waals surface area contributed by atoms with Gasteiger partial charge in [-0.2, -0.15) is 0 Å². The molecule has 1 saturated heterocycles. The molecule has 4 N–H and O–H groups in total. The van der Waals surface area contributed by atoms with Gasteiger partial charge >= 0.3 is 0 Å². The Bertz CT molecular complexity index is 1070. The number of H-pyrrole nitrogens is 1. The number of aromatic nitrogens is 1. The number of amides is 3. The highest BCUT2D eigenvalue weighted by Gasteiger charge is 2.32. The lowest BCUT2D eigenvalue weighted by molar-refractivity contribution is -0.128. The van der Waals surface area contributed by atoms with Crippen LogP contribution in [0.1, 0.15) is 49.0 Å². The number of benzene rings is 1. The molecule has 7 nitrogen and oxygen atoms in total. The molecule has 2 aromatic rings. The summed E-state index contributed by atoms with van der Waals surface area (Å²) in [6.45, 7) is 0.677. The molecule has 2 fully saturated rings. The van der Waals surface area contributed by atoms with E-state index in [1.54, 1.807) is 18.2 Å². The normalized spacial score (nSPS) is 20.1. The van der Waals surface area contributed by atoms with Crippen LogP contribution < -0.4 is 16.0 Å². The predicted molar refractivity (Wildman–Crippen MR) is 123 cm³/mol. The van der Waals surface area contributed by atoms with Gasteiger partial charge in [0.1, 0.15) is 11.7 Å². The number of fused-ring (bicyclic) bond motifs is 1. The first kappa shape index (κ1) is 22.2. The molecule has 0 spiro atoms. The molecule has 0 bridgehead atoms. The third-order valence-electron chi connectivity index (χ3n) is 6.18. The largest absolute Gasteiger partial charge is 0.356 e. The number of terminal acetylenes is 1. The number of rotatable bonds is 8. The topological polar surface area (TPSA) is 103 Å². The van der Waals surface area contributed by atoms with E-state index in [1.165, 1.54) is 0 Å². The molecule has 1 aromatic carbocycles. The predicted octanol–water partition coefficient (Wildman–Crippen LogP) is 2.75. The van der Waals surface area contributed by atoms with Crippen LogP contribution in [0.15, 0.2) is 24.3 Å². The van der Waals surface area contributed by atoms with E-state index in [9.17, 15) is 14.4 Å². The Hall–Kier alpha value is -2.98. The molecule has 3 unspecified atom stereocenters. The van der Waals surface area contributed by atoms with Gasteiger partial charge in [0.25, 0.3) is 5.91 Å².